The van der Waals surface area contributed by atoms with Gasteiger partial charge in [-0.05, 0) is 26.0 Å². The van der Waals surface area contributed by atoms with E-state index in [0.29, 0.717) is 16.7 Å². The monoisotopic (exact) mass is 364 g/mol. The molecule has 0 aliphatic carbocycles. The second-order valence-corrected chi connectivity index (χ2v) is 7.39. The topological polar surface area (TPSA) is 68.5 Å². The summed E-state index contributed by atoms with van der Waals surface area (Å²) in [5, 5.41) is 9.02. The minimum Gasteiger partial charge on any atom is -0.469 e. The third-order valence-electron chi connectivity index (χ3n) is 3.60. The number of methoxy groups -OCH3 is 1. The lowest BCUT2D eigenvalue weighted by atomic mass is 9.94. The van der Waals surface area contributed by atoms with Crippen LogP contribution in [-0.2, 0) is 9.53 Å². The van der Waals surface area contributed by atoms with Crippen LogP contribution in [0.15, 0.2) is 30.5 Å². The van der Waals surface area contributed by atoms with Gasteiger partial charge >= 0.3 is 5.97 Å². The summed E-state index contributed by atoms with van der Waals surface area (Å²) >= 11 is 7.33. The van der Waals surface area contributed by atoms with E-state index in [1.807, 2.05) is 44.3 Å². The molecule has 2 aromatic heterocycles. The number of fused-ring (bicyclic) bond motifs is 1. The van der Waals surface area contributed by atoms with Crippen LogP contribution in [0.2, 0.25) is 5.02 Å². The molecule has 24 heavy (non-hydrogen) atoms. The Labute approximate surface area is 148 Å². The molecule has 6 nitrogen and oxygen atoms in total. The minimum atomic E-state index is -0.628. The summed E-state index contributed by atoms with van der Waals surface area (Å²) in [7, 11) is 1.39. The first-order valence-corrected chi connectivity index (χ1v) is 8.53. The number of hydrogen-bond acceptors (Lipinski definition) is 6. The Morgan fingerprint density at radius 2 is 2.08 bits per heavy atom. The first kappa shape index (κ1) is 16.7. The highest BCUT2D eigenvalue weighted by Gasteiger charge is 2.28. The van der Waals surface area contributed by atoms with E-state index in [4.69, 9.17) is 16.3 Å². The predicted octanol–water partition coefficient (Wildman–Crippen LogP) is 3.72. The van der Waals surface area contributed by atoms with Crippen LogP contribution < -0.4 is 5.32 Å². The molecule has 0 atom stereocenters. The van der Waals surface area contributed by atoms with Gasteiger partial charge < -0.3 is 10.1 Å². The van der Waals surface area contributed by atoms with Crippen molar-refractivity contribution in [3.8, 4) is 11.3 Å². The molecule has 0 aliphatic heterocycles. The van der Waals surface area contributed by atoms with E-state index in [9.17, 15) is 4.79 Å². The molecular formula is C16H17ClN4O2S. The van der Waals surface area contributed by atoms with Crippen molar-refractivity contribution < 1.29 is 9.53 Å². The summed E-state index contributed by atoms with van der Waals surface area (Å²) in [5.41, 5.74) is 1.20. The average Bonchev–Trinajstić information content (AvgIpc) is 3.11. The molecule has 8 heteroatoms. The fraction of sp³-hybridized carbons (Fsp3) is 0.312. The van der Waals surface area contributed by atoms with Gasteiger partial charge in [0.25, 0.3) is 0 Å². The van der Waals surface area contributed by atoms with Crippen molar-refractivity contribution in [3.63, 3.8) is 0 Å². The second-order valence-electron chi connectivity index (χ2n) is 6.00. The van der Waals surface area contributed by atoms with Gasteiger partial charge in [-0.1, -0.05) is 35.1 Å². The number of hydrogen-bond donors (Lipinski definition) is 1. The molecular weight excluding hydrogens is 348 g/mol. The molecule has 0 radical (unpaired) electrons. The van der Waals surface area contributed by atoms with Crippen LogP contribution in [-0.4, -0.2) is 34.2 Å². The molecule has 2 heterocycles. The van der Waals surface area contributed by atoms with E-state index in [-0.39, 0.29) is 5.97 Å². The summed E-state index contributed by atoms with van der Waals surface area (Å²) in [5.74, 6) is -0.263. The third kappa shape index (κ3) is 3.37. The molecule has 0 saturated carbocycles. The maximum absolute atomic E-state index is 11.7. The Kier molecular flexibility index (Phi) is 4.47. The average molecular weight is 365 g/mol. The van der Waals surface area contributed by atoms with E-state index < -0.39 is 5.41 Å². The van der Waals surface area contributed by atoms with E-state index in [2.05, 4.69) is 15.4 Å². The molecule has 0 amide bonds. The summed E-state index contributed by atoms with van der Waals surface area (Å²) in [4.78, 5) is 17.0. The largest absolute Gasteiger partial charge is 0.469 e. The molecule has 0 spiro atoms. The van der Waals surface area contributed by atoms with Crippen molar-refractivity contribution >= 4 is 39.0 Å². The number of benzene rings is 1. The number of halogens is 1. The van der Waals surface area contributed by atoms with Crippen molar-refractivity contribution in [2.45, 2.75) is 13.8 Å². The van der Waals surface area contributed by atoms with Crippen molar-refractivity contribution in [1.82, 2.24) is 14.6 Å². The molecule has 0 unspecified atom stereocenters. The lowest BCUT2D eigenvalue weighted by Crippen LogP contribution is -2.33. The highest BCUT2D eigenvalue weighted by molar-refractivity contribution is 7.20. The first-order chi connectivity index (χ1) is 11.4. The zero-order valence-corrected chi connectivity index (χ0v) is 15.1. The number of esters is 1. The van der Waals surface area contributed by atoms with Crippen LogP contribution in [0.3, 0.4) is 0 Å². The predicted molar refractivity (Wildman–Crippen MR) is 95.6 cm³/mol. The lowest BCUT2D eigenvalue weighted by molar-refractivity contribution is -0.149. The Morgan fingerprint density at radius 1 is 1.38 bits per heavy atom. The number of imidazole rings is 1. The minimum absolute atomic E-state index is 0.263. The Hall–Kier alpha value is -2.12. The maximum Gasteiger partial charge on any atom is 0.313 e. The fourth-order valence-corrected chi connectivity index (χ4v) is 3.08. The first-order valence-electron chi connectivity index (χ1n) is 7.33. The van der Waals surface area contributed by atoms with Gasteiger partial charge in [0.2, 0.25) is 10.1 Å². The van der Waals surface area contributed by atoms with Crippen LogP contribution in [0.4, 0.5) is 5.13 Å². The van der Waals surface area contributed by atoms with Gasteiger partial charge in [-0.2, -0.15) is 0 Å². The zero-order valence-electron chi connectivity index (χ0n) is 13.5. The fourth-order valence-electron chi connectivity index (χ4n) is 2.18. The Morgan fingerprint density at radius 3 is 2.71 bits per heavy atom. The number of aromatic nitrogens is 3. The SMILES string of the molecule is COC(=O)C(C)(C)CNc1nn2cc(-c3ccc(Cl)cc3)nc2s1. The normalized spacial score (nSPS) is 11.7. The highest BCUT2D eigenvalue weighted by atomic mass is 35.5. The van der Waals surface area contributed by atoms with Crippen LogP contribution in [0, 0.1) is 5.41 Å². The molecule has 3 rings (SSSR count). The number of carbonyl (C=O) groups is 1. The van der Waals surface area contributed by atoms with Gasteiger partial charge in [0.1, 0.15) is 0 Å². The molecule has 0 fully saturated rings. The van der Waals surface area contributed by atoms with E-state index in [1.54, 1.807) is 4.52 Å². The van der Waals surface area contributed by atoms with Gasteiger partial charge in [-0.15, -0.1) is 5.10 Å². The second kappa shape index (κ2) is 6.41. The molecule has 0 aliphatic rings. The highest BCUT2D eigenvalue weighted by Crippen LogP contribution is 2.26. The van der Waals surface area contributed by atoms with Crippen LogP contribution in [0.1, 0.15) is 13.8 Å². The third-order valence-corrected chi connectivity index (χ3v) is 4.73. The van der Waals surface area contributed by atoms with E-state index in [0.717, 1.165) is 16.2 Å². The summed E-state index contributed by atoms with van der Waals surface area (Å²) in [6.45, 7) is 4.08. The van der Waals surface area contributed by atoms with Gasteiger partial charge in [0, 0.05) is 17.1 Å². The van der Waals surface area contributed by atoms with E-state index >= 15 is 0 Å². The number of anilines is 1. The van der Waals surface area contributed by atoms with Gasteiger partial charge in [0.15, 0.2) is 0 Å². The molecule has 0 saturated heterocycles. The zero-order chi connectivity index (χ0) is 17.3. The van der Waals surface area contributed by atoms with Crippen molar-refractivity contribution in [3.05, 3.63) is 35.5 Å². The van der Waals surface area contributed by atoms with Gasteiger partial charge in [-0.25, -0.2) is 9.50 Å². The number of rotatable bonds is 5. The number of nitrogens with one attached hydrogen (secondary N) is 1. The summed E-state index contributed by atoms with van der Waals surface area (Å²) in [6, 6.07) is 7.51. The molecule has 3 aromatic rings. The molecule has 1 aromatic carbocycles. The Balaban J connectivity index is 1.75. The maximum atomic E-state index is 11.7. The van der Waals surface area contributed by atoms with Crippen LogP contribution in [0.5, 0.6) is 0 Å². The number of carbonyl (C=O) groups excluding carboxylic acids is 1. The molecule has 1 N–H and O–H groups in total. The number of ether oxygens (including phenoxy) is 1. The van der Waals surface area contributed by atoms with Crippen LogP contribution in [0.25, 0.3) is 16.2 Å². The molecule has 0 bridgehead atoms. The summed E-state index contributed by atoms with van der Waals surface area (Å²) in [6.07, 6.45) is 1.87. The van der Waals surface area contributed by atoms with Crippen LogP contribution >= 0.6 is 22.9 Å². The van der Waals surface area contributed by atoms with Crippen molar-refractivity contribution in [2.75, 3.05) is 19.0 Å². The quantitative estimate of drug-likeness (QED) is 0.699. The summed E-state index contributed by atoms with van der Waals surface area (Å²) < 4.78 is 6.52. The van der Waals surface area contributed by atoms with Crippen molar-refractivity contribution in [2.24, 2.45) is 5.41 Å². The van der Waals surface area contributed by atoms with E-state index in [1.165, 1.54) is 18.4 Å². The Bertz CT molecular complexity index is 838. The van der Waals surface area contributed by atoms with Crippen molar-refractivity contribution in [1.29, 1.82) is 0 Å². The smallest absolute Gasteiger partial charge is 0.313 e. The standard InChI is InChI=1S/C16H17ClN4O2S/c1-16(2,13(22)23-3)9-18-14-20-21-8-12(19-15(21)24-14)10-4-6-11(17)7-5-10/h4-8H,9H2,1-3H3,(H,18,20). The molecule has 126 valence electrons. The number of nitrogens with zero attached hydrogens (tertiary/aromatic N) is 3. The van der Waals surface area contributed by atoms with Gasteiger partial charge in [-0.3, -0.25) is 4.79 Å². The van der Waals surface area contributed by atoms with Gasteiger partial charge in [0.05, 0.1) is 24.4 Å². The lowest BCUT2D eigenvalue weighted by Gasteiger charge is -2.21.